The van der Waals surface area contributed by atoms with Crippen LogP contribution in [0.15, 0.2) is 35.3 Å². The molecule has 5 nitrogen and oxygen atoms in total. The van der Waals surface area contributed by atoms with Crippen LogP contribution in [-0.2, 0) is 11.3 Å². The molecule has 6 heteroatoms. The zero-order valence-electron chi connectivity index (χ0n) is 14.5. The van der Waals surface area contributed by atoms with Crippen molar-refractivity contribution in [1.82, 2.24) is 15.5 Å². The number of likely N-dealkylation sites (N-methyl/N-ethyl adjacent to an activating group) is 1. The maximum absolute atomic E-state index is 5.32. The number of nitrogens with zero attached hydrogens (tertiary/aromatic N) is 2. The second-order valence-electron chi connectivity index (χ2n) is 5.11. The fourth-order valence-electron chi connectivity index (χ4n) is 2.03. The average Bonchev–Trinajstić information content (AvgIpc) is 2.52. The molecule has 1 aromatic rings. The van der Waals surface area contributed by atoms with Gasteiger partial charge in [-0.15, -0.1) is 24.0 Å². The van der Waals surface area contributed by atoms with Gasteiger partial charge >= 0.3 is 0 Å². The van der Waals surface area contributed by atoms with Gasteiger partial charge in [0.25, 0.3) is 0 Å². The molecule has 0 saturated heterocycles. The maximum atomic E-state index is 5.32. The second kappa shape index (κ2) is 14.7. The SMILES string of the molecule is CCNC(=NCCN(C)Cc1ccccc1)NCCOCC.I. The van der Waals surface area contributed by atoms with Gasteiger partial charge in [-0.3, -0.25) is 4.99 Å². The average molecular weight is 434 g/mol. The minimum Gasteiger partial charge on any atom is -0.380 e. The first-order valence-corrected chi connectivity index (χ1v) is 8.08. The molecule has 0 atom stereocenters. The zero-order chi connectivity index (χ0) is 16.0. The first kappa shape index (κ1) is 22.1. The molecule has 2 N–H and O–H groups in total. The van der Waals surface area contributed by atoms with E-state index in [0.717, 1.165) is 45.3 Å². The highest BCUT2D eigenvalue weighted by Gasteiger charge is 2.00. The highest BCUT2D eigenvalue weighted by Crippen LogP contribution is 2.01. The molecule has 0 fully saturated rings. The van der Waals surface area contributed by atoms with Crippen LogP contribution in [0.1, 0.15) is 19.4 Å². The van der Waals surface area contributed by atoms with Gasteiger partial charge in [0.2, 0.25) is 0 Å². The van der Waals surface area contributed by atoms with E-state index < -0.39 is 0 Å². The number of rotatable bonds is 10. The Morgan fingerprint density at radius 1 is 1.17 bits per heavy atom. The predicted molar refractivity (Wildman–Crippen MR) is 109 cm³/mol. The fourth-order valence-corrected chi connectivity index (χ4v) is 2.03. The van der Waals surface area contributed by atoms with Gasteiger partial charge in [0.05, 0.1) is 13.2 Å². The first-order valence-electron chi connectivity index (χ1n) is 8.08. The van der Waals surface area contributed by atoms with Crippen molar-refractivity contribution in [1.29, 1.82) is 0 Å². The first-order chi connectivity index (χ1) is 10.8. The third kappa shape index (κ3) is 11.3. The van der Waals surface area contributed by atoms with E-state index in [1.165, 1.54) is 5.56 Å². The van der Waals surface area contributed by atoms with Crippen LogP contribution in [0.3, 0.4) is 0 Å². The number of hydrogen-bond acceptors (Lipinski definition) is 3. The summed E-state index contributed by atoms with van der Waals surface area (Å²) in [6, 6.07) is 10.5. The van der Waals surface area contributed by atoms with Crippen LogP contribution in [0, 0.1) is 0 Å². The highest BCUT2D eigenvalue weighted by molar-refractivity contribution is 14.0. The Balaban J connectivity index is 0.00000484. The van der Waals surface area contributed by atoms with Crippen molar-refractivity contribution in [3.63, 3.8) is 0 Å². The third-order valence-corrected chi connectivity index (χ3v) is 3.13. The lowest BCUT2D eigenvalue weighted by Gasteiger charge is -2.16. The molecule has 132 valence electrons. The van der Waals surface area contributed by atoms with Crippen LogP contribution >= 0.6 is 24.0 Å². The van der Waals surface area contributed by atoms with E-state index in [1.54, 1.807) is 0 Å². The topological polar surface area (TPSA) is 48.9 Å². The van der Waals surface area contributed by atoms with Crippen LogP contribution in [0.4, 0.5) is 0 Å². The quantitative estimate of drug-likeness (QED) is 0.257. The molecule has 0 bridgehead atoms. The molecule has 0 spiro atoms. The van der Waals surface area contributed by atoms with Crippen LogP contribution in [0.25, 0.3) is 0 Å². The maximum Gasteiger partial charge on any atom is 0.191 e. The van der Waals surface area contributed by atoms with Crippen LogP contribution in [-0.4, -0.2) is 57.3 Å². The molecular formula is C17H31IN4O. The number of aliphatic imine (C=N–C) groups is 1. The van der Waals surface area contributed by atoms with Crippen molar-refractivity contribution in [3.05, 3.63) is 35.9 Å². The van der Waals surface area contributed by atoms with Crippen molar-refractivity contribution < 1.29 is 4.74 Å². The Hall–Kier alpha value is -0.860. The van der Waals surface area contributed by atoms with Crippen molar-refractivity contribution in [3.8, 4) is 0 Å². The van der Waals surface area contributed by atoms with E-state index >= 15 is 0 Å². The van der Waals surface area contributed by atoms with Gasteiger partial charge in [-0.1, -0.05) is 30.3 Å². The van der Waals surface area contributed by atoms with Crippen molar-refractivity contribution in [2.75, 3.05) is 46.4 Å². The molecule has 1 aromatic carbocycles. The fraction of sp³-hybridized carbons (Fsp3) is 0.588. The number of hydrogen-bond donors (Lipinski definition) is 2. The minimum absolute atomic E-state index is 0. The Bertz CT molecular complexity index is 414. The summed E-state index contributed by atoms with van der Waals surface area (Å²) in [5.41, 5.74) is 1.33. The van der Waals surface area contributed by atoms with Crippen molar-refractivity contribution >= 4 is 29.9 Å². The summed E-state index contributed by atoms with van der Waals surface area (Å²) in [6.45, 7) is 9.81. The molecule has 23 heavy (non-hydrogen) atoms. The van der Waals surface area contributed by atoms with E-state index in [2.05, 4.69) is 58.8 Å². The van der Waals surface area contributed by atoms with Gasteiger partial charge < -0.3 is 20.3 Å². The number of nitrogens with one attached hydrogen (secondary N) is 2. The number of halogens is 1. The van der Waals surface area contributed by atoms with Gasteiger partial charge in [0.15, 0.2) is 5.96 Å². The molecule has 0 saturated carbocycles. The zero-order valence-corrected chi connectivity index (χ0v) is 16.9. The second-order valence-corrected chi connectivity index (χ2v) is 5.11. The number of guanidine groups is 1. The van der Waals surface area contributed by atoms with E-state index in [0.29, 0.717) is 6.61 Å². The highest BCUT2D eigenvalue weighted by atomic mass is 127. The smallest absolute Gasteiger partial charge is 0.191 e. The summed E-state index contributed by atoms with van der Waals surface area (Å²) in [6.07, 6.45) is 0. The van der Waals surface area contributed by atoms with E-state index in [4.69, 9.17) is 4.74 Å². The molecule has 0 radical (unpaired) electrons. The summed E-state index contributed by atoms with van der Waals surface area (Å²) < 4.78 is 5.32. The summed E-state index contributed by atoms with van der Waals surface area (Å²) in [5, 5.41) is 6.52. The van der Waals surface area contributed by atoms with E-state index in [9.17, 15) is 0 Å². The molecule has 0 aromatic heterocycles. The van der Waals surface area contributed by atoms with Gasteiger partial charge in [0.1, 0.15) is 0 Å². The summed E-state index contributed by atoms with van der Waals surface area (Å²) in [7, 11) is 2.12. The van der Waals surface area contributed by atoms with Gasteiger partial charge in [-0.2, -0.15) is 0 Å². The predicted octanol–water partition coefficient (Wildman–Crippen LogP) is 2.33. The Labute approximate surface area is 157 Å². The molecule has 1 rings (SSSR count). The largest absolute Gasteiger partial charge is 0.380 e. The summed E-state index contributed by atoms with van der Waals surface area (Å²) in [5.74, 6) is 0.857. The molecule has 0 aliphatic rings. The van der Waals surface area contributed by atoms with Crippen LogP contribution < -0.4 is 10.6 Å². The van der Waals surface area contributed by atoms with Crippen molar-refractivity contribution in [2.24, 2.45) is 4.99 Å². The lowest BCUT2D eigenvalue weighted by atomic mass is 10.2. The Morgan fingerprint density at radius 2 is 1.91 bits per heavy atom. The lowest BCUT2D eigenvalue weighted by Crippen LogP contribution is -2.39. The number of benzene rings is 1. The summed E-state index contributed by atoms with van der Waals surface area (Å²) >= 11 is 0. The number of ether oxygens (including phenoxy) is 1. The molecule has 0 aliphatic heterocycles. The molecule has 0 heterocycles. The van der Waals surface area contributed by atoms with Crippen LogP contribution in [0.2, 0.25) is 0 Å². The Morgan fingerprint density at radius 3 is 2.57 bits per heavy atom. The van der Waals surface area contributed by atoms with Gasteiger partial charge in [-0.05, 0) is 26.5 Å². The van der Waals surface area contributed by atoms with Gasteiger partial charge in [-0.25, -0.2) is 0 Å². The van der Waals surface area contributed by atoms with Crippen LogP contribution in [0.5, 0.6) is 0 Å². The molecule has 0 unspecified atom stereocenters. The monoisotopic (exact) mass is 434 g/mol. The summed E-state index contributed by atoms with van der Waals surface area (Å²) in [4.78, 5) is 6.87. The van der Waals surface area contributed by atoms with E-state index in [-0.39, 0.29) is 24.0 Å². The molecule has 0 amide bonds. The molecule has 0 aliphatic carbocycles. The minimum atomic E-state index is 0. The third-order valence-electron chi connectivity index (χ3n) is 3.13. The normalized spacial score (nSPS) is 11.2. The lowest BCUT2D eigenvalue weighted by molar-refractivity contribution is 0.152. The molecular weight excluding hydrogens is 403 g/mol. The van der Waals surface area contributed by atoms with Crippen molar-refractivity contribution in [2.45, 2.75) is 20.4 Å². The van der Waals surface area contributed by atoms with E-state index in [1.807, 2.05) is 13.0 Å². The van der Waals surface area contributed by atoms with Gasteiger partial charge in [0, 0.05) is 32.8 Å². The standard InChI is InChI=1S/C17H30N4O.HI/c1-4-18-17(20-12-14-22-5-2)19-11-13-21(3)15-16-9-7-6-8-10-16;/h6-10H,4-5,11-15H2,1-3H3,(H2,18,19,20);1H. The Kier molecular flexibility index (Phi) is 14.2.